The molecule has 1 saturated carbocycles. The van der Waals surface area contributed by atoms with E-state index in [-0.39, 0.29) is 5.28 Å². The molecule has 8 heteroatoms. The van der Waals surface area contributed by atoms with Crippen LogP contribution in [0.1, 0.15) is 36.6 Å². The van der Waals surface area contributed by atoms with Crippen LogP contribution in [0.25, 0.3) is 21.6 Å². The van der Waals surface area contributed by atoms with Crippen molar-refractivity contribution in [2.24, 2.45) is 11.7 Å². The van der Waals surface area contributed by atoms with Gasteiger partial charge in [0.1, 0.15) is 16.5 Å². The number of hydrogen-bond donors (Lipinski definition) is 2. The van der Waals surface area contributed by atoms with Gasteiger partial charge in [-0.2, -0.15) is 4.98 Å². The molecule has 1 fully saturated rings. The first-order chi connectivity index (χ1) is 14.6. The monoisotopic (exact) mass is 438 g/mol. The third-order valence-corrected chi connectivity index (χ3v) is 7.02. The summed E-state index contributed by atoms with van der Waals surface area (Å²) in [6.07, 6.45) is 6.17. The van der Waals surface area contributed by atoms with E-state index in [9.17, 15) is 0 Å². The lowest BCUT2D eigenvalue weighted by molar-refractivity contribution is 0.490. The molecule has 0 bridgehead atoms. The molecule has 0 radical (unpaired) electrons. The SMILES string of the molecule is NC[C@@H]1CC[C@H](n2cc(-c3nc(Cc4ccccc4)cs3)c3c(N)nc(Cl)nc32)C1. The van der Waals surface area contributed by atoms with Crippen LogP contribution in [0.3, 0.4) is 0 Å². The molecule has 3 heterocycles. The summed E-state index contributed by atoms with van der Waals surface area (Å²) in [7, 11) is 0. The summed E-state index contributed by atoms with van der Waals surface area (Å²) in [5.41, 5.74) is 16.2. The van der Waals surface area contributed by atoms with Crippen molar-refractivity contribution >= 4 is 39.8 Å². The molecule has 0 aliphatic heterocycles. The van der Waals surface area contributed by atoms with Gasteiger partial charge in [0.15, 0.2) is 0 Å². The Bertz CT molecular complexity index is 1190. The third kappa shape index (κ3) is 3.57. The topological polar surface area (TPSA) is 95.6 Å². The number of hydrogen-bond acceptors (Lipinski definition) is 6. The minimum absolute atomic E-state index is 0.170. The summed E-state index contributed by atoms with van der Waals surface area (Å²) in [4.78, 5) is 13.6. The number of thiazole rings is 1. The largest absolute Gasteiger partial charge is 0.383 e. The Morgan fingerprint density at radius 2 is 1.97 bits per heavy atom. The van der Waals surface area contributed by atoms with Crippen LogP contribution in [0.5, 0.6) is 0 Å². The minimum Gasteiger partial charge on any atom is -0.383 e. The highest BCUT2D eigenvalue weighted by Crippen LogP contribution is 2.41. The zero-order chi connectivity index (χ0) is 20.7. The Kier molecular flexibility index (Phi) is 5.18. The summed E-state index contributed by atoms with van der Waals surface area (Å²) < 4.78 is 2.21. The Morgan fingerprint density at radius 3 is 2.73 bits per heavy atom. The molecule has 6 nitrogen and oxygen atoms in total. The molecule has 2 atom stereocenters. The van der Waals surface area contributed by atoms with Gasteiger partial charge in [-0.15, -0.1) is 11.3 Å². The van der Waals surface area contributed by atoms with Crippen molar-refractivity contribution in [3.63, 3.8) is 0 Å². The van der Waals surface area contributed by atoms with Crippen molar-refractivity contribution in [2.45, 2.75) is 31.7 Å². The van der Waals surface area contributed by atoms with Crippen LogP contribution in [-0.4, -0.2) is 26.1 Å². The smallest absolute Gasteiger partial charge is 0.226 e. The van der Waals surface area contributed by atoms with Crippen molar-refractivity contribution in [3.05, 3.63) is 58.4 Å². The molecule has 0 unspecified atom stereocenters. The van der Waals surface area contributed by atoms with Gasteiger partial charge in [-0.3, -0.25) is 0 Å². The summed E-state index contributed by atoms with van der Waals surface area (Å²) in [5.74, 6) is 0.940. The van der Waals surface area contributed by atoms with Crippen LogP contribution in [0, 0.1) is 5.92 Å². The summed E-state index contributed by atoms with van der Waals surface area (Å²) >= 11 is 7.78. The number of nitrogens with zero attached hydrogens (tertiary/aromatic N) is 4. The number of halogens is 1. The molecule has 1 aromatic carbocycles. The zero-order valence-corrected chi connectivity index (χ0v) is 18.0. The highest BCUT2D eigenvalue weighted by Gasteiger charge is 2.28. The van der Waals surface area contributed by atoms with Gasteiger partial charge in [0.25, 0.3) is 0 Å². The van der Waals surface area contributed by atoms with E-state index in [1.165, 1.54) is 5.56 Å². The van der Waals surface area contributed by atoms with Crippen LogP contribution >= 0.6 is 22.9 Å². The van der Waals surface area contributed by atoms with Crippen molar-refractivity contribution < 1.29 is 0 Å². The van der Waals surface area contributed by atoms with Crippen molar-refractivity contribution in [1.29, 1.82) is 0 Å². The molecule has 1 aliphatic carbocycles. The Hall–Kier alpha value is -2.48. The first-order valence-corrected chi connectivity index (χ1v) is 11.4. The standard InChI is InChI=1S/C22H23ClN6S/c23-22-27-19(25)18-17(11-29(20(18)28-22)16-7-6-14(9-16)10-24)21-26-15(12-30-21)8-13-4-2-1-3-5-13/h1-5,11-12,14,16H,6-10,24H2,(H2,25,27,28)/t14-,16+/m1/s1. The van der Waals surface area contributed by atoms with Crippen molar-refractivity contribution in [1.82, 2.24) is 19.5 Å². The molecule has 3 aromatic heterocycles. The van der Waals surface area contributed by atoms with E-state index >= 15 is 0 Å². The maximum Gasteiger partial charge on any atom is 0.226 e. The summed E-state index contributed by atoms with van der Waals surface area (Å²) in [5, 5.41) is 4.04. The van der Waals surface area contributed by atoms with E-state index in [2.05, 4.69) is 38.2 Å². The second-order valence-electron chi connectivity index (χ2n) is 7.90. The lowest BCUT2D eigenvalue weighted by Gasteiger charge is -2.13. The van der Waals surface area contributed by atoms with Crippen molar-refractivity contribution in [3.8, 4) is 10.6 Å². The zero-order valence-electron chi connectivity index (χ0n) is 16.5. The fraction of sp³-hybridized carbons (Fsp3) is 0.318. The van der Waals surface area contributed by atoms with Crippen molar-refractivity contribution in [2.75, 3.05) is 12.3 Å². The first-order valence-electron chi connectivity index (χ1n) is 10.1. The Morgan fingerprint density at radius 1 is 1.13 bits per heavy atom. The van der Waals surface area contributed by atoms with E-state index in [0.29, 0.717) is 17.8 Å². The minimum atomic E-state index is 0.170. The lowest BCUT2D eigenvalue weighted by Crippen LogP contribution is -2.12. The average molecular weight is 439 g/mol. The molecule has 5 rings (SSSR count). The van der Waals surface area contributed by atoms with Crippen LogP contribution in [0.15, 0.2) is 41.9 Å². The number of nitrogen functional groups attached to an aromatic ring is 1. The van der Waals surface area contributed by atoms with Crippen LogP contribution in [0.4, 0.5) is 5.82 Å². The van der Waals surface area contributed by atoms with E-state index in [0.717, 1.165) is 59.5 Å². The predicted molar refractivity (Wildman–Crippen MR) is 123 cm³/mol. The average Bonchev–Trinajstić information content (AvgIpc) is 3.46. The van der Waals surface area contributed by atoms with Gasteiger partial charge in [0.2, 0.25) is 5.28 Å². The number of nitrogens with two attached hydrogens (primary N) is 2. The van der Waals surface area contributed by atoms with Crippen LogP contribution in [-0.2, 0) is 6.42 Å². The van der Waals surface area contributed by atoms with Gasteiger partial charge in [-0.05, 0) is 48.9 Å². The highest BCUT2D eigenvalue weighted by molar-refractivity contribution is 7.13. The van der Waals surface area contributed by atoms with Gasteiger partial charge in [-0.1, -0.05) is 30.3 Å². The van der Waals surface area contributed by atoms with Gasteiger partial charge >= 0.3 is 0 Å². The molecular formula is C22H23ClN6S. The second kappa shape index (κ2) is 7.98. The number of rotatable bonds is 5. The first kappa shape index (κ1) is 19.5. The fourth-order valence-electron chi connectivity index (χ4n) is 4.42. The summed E-state index contributed by atoms with van der Waals surface area (Å²) in [6.45, 7) is 0.718. The van der Waals surface area contributed by atoms with E-state index < -0.39 is 0 Å². The van der Waals surface area contributed by atoms with Gasteiger partial charge in [0.05, 0.1) is 11.1 Å². The number of anilines is 1. The lowest BCUT2D eigenvalue weighted by atomic mass is 10.1. The van der Waals surface area contributed by atoms with Crippen LogP contribution < -0.4 is 11.5 Å². The van der Waals surface area contributed by atoms with E-state index in [4.69, 9.17) is 28.1 Å². The summed E-state index contributed by atoms with van der Waals surface area (Å²) in [6, 6.07) is 10.7. The van der Waals surface area contributed by atoms with Gasteiger partial charge in [0, 0.05) is 29.6 Å². The second-order valence-corrected chi connectivity index (χ2v) is 9.10. The Balaban J connectivity index is 1.56. The molecule has 0 saturated heterocycles. The molecular weight excluding hydrogens is 416 g/mol. The molecule has 30 heavy (non-hydrogen) atoms. The van der Waals surface area contributed by atoms with E-state index in [1.54, 1.807) is 11.3 Å². The van der Waals surface area contributed by atoms with Gasteiger partial charge in [-0.25, -0.2) is 9.97 Å². The molecule has 154 valence electrons. The Labute approximate surface area is 183 Å². The molecule has 0 spiro atoms. The maximum absolute atomic E-state index is 6.30. The number of fused-ring (bicyclic) bond motifs is 1. The maximum atomic E-state index is 6.30. The molecule has 0 amide bonds. The molecule has 4 aromatic rings. The number of aromatic nitrogens is 4. The highest BCUT2D eigenvalue weighted by atomic mass is 35.5. The van der Waals surface area contributed by atoms with Gasteiger partial charge < -0.3 is 16.0 Å². The molecule has 1 aliphatic rings. The van der Waals surface area contributed by atoms with Crippen LogP contribution in [0.2, 0.25) is 5.28 Å². The van der Waals surface area contributed by atoms with E-state index in [1.807, 2.05) is 18.2 Å². The normalized spacial score (nSPS) is 19.0. The molecule has 4 N–H and O–H groups in total. The fourth-order valence-corrected chi connectivity index (χ4v) is 5.43. The number of benzene rings is 1. The predicted octanol–water partition coefficient (Wildman–Crippen LogP) is 4.68. The third-order valence-electron chi connectivity index (χ3n) is 5.92. The quantitative estimate of drug-likeness (QED) is 0.441.